The van der Waals surface area contributed by atoms with Crippen LogP contribution in [0.3, 0.4) is 0 Å². The highest BCUT2D eigenvalue weighted by atomic mass is 15.0. The lowest BCUT2D eigenvalue weighted by molar-refractivity contribution is 1.18. The van der Waals surface area contributed by atoms with Crippen LogP contribution >= 0.6 is 0 Å². The van der Waals surface area contributed by atoms with Crippen molar-refractivity contribution in [2.45, 2.75) is 0 Å². The molecule has 0 aliphatic rings. The molecule has 14 radical (unpaired) electrons. The first-order valence-electron chi connectivity index (χ1n) is 18.7. The minimum absolute atomic E-state index is 0.176. The third kappa shape index (κ3) is 5.21. The van der Waals surface area contributed by atoms with Gasteiger partial charge in [0.2, 0.25) is 0 Å². The first-order valence-corrected chi connectivity index (χ1v) is 18.7. The van der Waals surface area contributed by atoms with Crippen LogP contribution in [-0.4, -0.2) is 64.1 Å². The van der Waals surface area contributed by atoms with Crippen molar-refractivity contribution < 1.29 is 0 Å². The fraction of sp³-hybridized carbons (Fsp3) is 0. The molecule has 0 atom stereocenters. The van der Waals surface area contributed by atoms with Crippen LogP contribution in [0.1, 0.15) is 0 Å². The van der Waals surface area contributed by atoms with E-state index < -0.39 is 0 Å². The van der Waals surface area contributed by atoms with Crippen LogP contribution in [0.4, 0.5) is 0 Å². The molecule has 2 nitrogen and oxygen atoms in total. The van der Waals surface area contributed by atoms with Crippen molar-refractivity contribution in [1.29, 1.82) is 0 Å². The Morgan fingerprint density at radius 2 is 0.877 bits per heavy atom. The second-order valence-corrected chi connectivity index (χ2v) is 14.4. The topological polar surface area (TPSA) is 9.86 Å². The van der Waals surface area contributed by atoms with Crippen LogP contribution in [0.25, 0.3) is 88.4 Å². The molecule has 10 rings (SSSR count). The summed E-state index contributed by atoms with van der Waals surface area (Å²) in [5.41, 5.74) is 12.5. The van der Waals surface area contributed by atoms with Crippen molar-refractivity contribution in [1.82, 2.24) is 9.13 Å². The molecular formula is C48H25B7N2. The summed E-state index contributed by atoms with van der Waals surface area (Å²) in [6.07, 6.45) is 0. The number of rotatable bonds is 5. The van der Waals surface area contributed by atoms with Crippen LogP contribution in [0.5, 0.6) is 0 Å². The van der Waals surface area contributed by atoms with Crippen LogP contribution in [-0.2, 0) is 0 Å². The minimum atomic E-state index is 0.176. The maximum Gasteiger partial charge on any atom is 0.115 e. The SMILES string of the molecule is [B]c1c([B])c([B])c2c(c1[B])c1c([B])c(-c3ccc4c(c3)c3c(-c5ccccc5)cccc3n4-c3ccccc3)c([B])c([B])c1n2-c1ccccc1-c1ccccc1. The van der Waals surface area contributed by atoms with E-state index in [-0.39, 0.29) is 21.9 Å². The van der Waals surface area contributed by atoms with Gasteiger partial charge in [-0.1, -0.05) is 143 Å². The van der Waals surface area contributed by atoms with Gasteiger partial charge in [0, 0.05) is 38.4 Å². The van der Waals surface area contributed by atoms with E-state index in [4.69, 9.17) is 54.9 Å². The number of hydrogen-bond donors (Lipinski definition) is 0. The number of aromatic nitrogens is 2. The van der Waals surface area contributed by atoms with E-state index in [0.29, 0.717) is 43.8 Å². The number of hydrogen-bond acceptors (Lipinski definition) is 0. The molecule has 2 heterocycles. The summed E-state index contributed by atoms with van der Waals surface area (Å²) in [6.45, 7) is 0. The van der Waals surface area contributed by atoms with E-state index in [1.807, 2.05) is 65.2 Å². The summed E-state index contributed by atoms with van der Waals surface area (Å²) in [7, 11) is 48.7. The molecule has 0 fully saturated rings. The van der Waals surface area contributed by atoms with Crippen molar-refractivity contribution in [3.05, 3.63) is 152 Å². The molecule has 10 aromatic rings. The molecule has 0 N–H and O–H groups in total. The third-order valence-electron chi connectivity index (χ3n) is 11.3. The first kappa shape index (κ1) is 35.2. The van der Waals surface area contributed by atoms with Gasteiger partial charge in [-0.05, 0) is 69.6 Å². The zero-order valence-electron chi connectivity index (χ0n) is 30.9. The lowest BCUT2D eigenvalue weighted by atomic mass is 9.64. The molecule has 57 heavy (non-hydrogen) atoms. The van der Waals surface area contributed by atoms with Crippen LogP contribution in [0.2, 0.25) is 0 Å². The Morgan fingerprint density at radius 1 is 0.333 bits per heavy atom. The third-order valence-corrected chi connectivity index (χ3v) is 11.3. The van der Waals surface area contributed by atoms with Crippen LogP contribution in [0.15, 0.2) is 152 Å². The largest absolute Gasteiger partial charge is 0.310 e. The summed E-state index contributed by atoms with van der Waals surface area (Å²) < 4.78 is 4.27. The quantitative estimate of drug-likeness (QED) is 0.235. The van der Waals surface area contributed by atoms with Gasteiger partial charge < -0.3 is 9.13 Å². The molecule has 9 heteroatoms. The van der Waals surface area contributed by atoms with E-state index in [1.54, 1.807) is 0 Å². The molecule has 0 aliphatic heterocycles. The van der Waals surface area contributed by atoms with Crippen LogP contribution in [0, 0.1) is 0 Å². The number of nitrogens with zero attached hydrogens (tertiary/aromatic N) is 2. The summed E-state index contributed by atoms with van der Waals surface area (Å²) in [6, 6.07) is 51.6. The number of para-hydroxylation sites is 2. The molecule has 0 saturated heterocycles. The molecule has 0 spiro atoms. The highest BCUT2D eigenvalue weighted by Gasteiger charge is 2.26. The van der Waals surface area contributed by atoms with Gasteiger partial charge in [0.1, 0.15) is 54.9 Å². The van der Waals surface area contributed by atoms with Crippen molar-refractivity contribution in [3.8, 4) is 44.8 Å². The fourth-order valence-electron chi connectivity index (χ4n) is 8.71. The van der Waals surface area contributed by atoms with Gasteiger partial charge in [0.25, 0.3) is 0 Å². The zero-order chi connectivity index (χ0) is 39.1. The van der Waals surface area contributed by atoms with Gasteiger partial charge in [-0.3, -0.25) is 0 Å². The Labute approximate surface area is 340 Å². The molecule has 0 unspecified atom stereocenters. The molecule has 8 aromatic carbocycles. The fourth-order valence-corrected chi connectivity index (χ4v) is 8.71. The Hall–Kier alpha value is -6.19. The highest BCUT2D eigenvalue weighted by molar-refractivity contribution is 6.69. The minimum Gasteiger partial charge on any atom is -0.310 e. The smallest absolute Gasteiger partial charge is 0.115 e. The number of benzene rings is 8. The van der Waals surface area contributed by atoms with Gasteiger partial charge in [0.15, 0.2) is 0 Å². The number of fused-ring (bicyclic) bond motifs is 6. The Balaban J connectivity index is 1.33. The summed E-state index contributed by atoms with van der Waals surface area (Å²) in [5.74, 6) is 0. The Bertz CT molecular complexity index is 3240. The van der Waals surface area contributed by atoms with Gasteiger partial charge >= 0.3 is 0 Å². The predicted octanol–water partition coefficient (Wildman–Crippen LogP) is 4.44. The molecule has 0 saturated carbocycles. The maximum atomic E-state index is 7.39. The molecular weight excluding hydrogens is 680 g/mol. The molecule has 248 valence electrons. The Morgan fingerprint density at radius 3 is 1.56 bits per heavy atom. The maximum absolute atomic E-state index is 7.39. The molecule has 0 amide bonds. The highest BCUT2D eigenvalue weighted by Crippen LogP contribution is 2.40. The van der Waals surface area contributed by atoms with Crippen molar-refractivity contribution >= 4 is 137 Å². The molecule has 0 bridgehead atoms. The van der Waals surface area contributed by atoms with Gasteiger partial charge in [-0.2, -0.15) is 0 Å². The first-order chi connectivity index (χ1) is 27.8. The average Bonchev–Trinajstić information content (AvgIpc) is 3.79. The van der Waals surface area contributed by atoms with Crippen molar-refractivity contribution in [2.75, 3.05) is 0 Å². The summed E-state index contributed by atoms with van der Waals surface area (Å²) in [4.78, 5) is 0. The van der Waals surface area contributed by atoms with Gasteiger partial charge in [-0.25, -0.2) is 0 Å². The summed E-state index contributed by atoms with van der Waals surface area (Å²) in [5, 5.41) is 3.27. The van der Waals surface area contributed by atoms with E-state index in [0.717, 1.165) is 61.0 Å². The van der Waals surface area contributed by atoms with Crippen molar-refractivity contribution in [3.63, 3.8) is 0 Å². The van der Waals surface area contributed by atoms with Gasteiger partial charge in [-0.15, -0.1) is 10.9 Å². The van der Waals surface area contributed by atoms with Crippen LogP contribution < -0.4 is 38.2 Å². The molecule has 0 aliphatic carbocycles. The monoisotopic (exact) mass is 706 g/mol. The van der Waals surface area contributed by atoms with E-state index in [9.17, 15) is 0 Å². The zero-order valence-corrected chi connectivity index (χ0v) is 30.9. The summed E-state index contributed by atoms with van der Waals surface area (Å²) >= 11 is 0. The second kappa shape index (κ2) is 13.5. The van der Waals surface area contributed by atoms with E-state index in [2.05, 4.69) is 95.6 Å². The predicted molar refractivity (Wildman–Crippen MR) is 249 cm³/mol. The van der Waals surface area contributed by atoms with Gasteiger partial charge in [0.05, 0.1) is 16.7 Å². The standard InChI is InChI=1S/C48H25B7N2/c49-40-36(28-23-24-34-32(25-28)37-31(27-15-6-2-7-16-27)20-12-22-35(37)56(34)29-17-8-3-9-18-29)41(50)45(54)47-38(40)39-42(51)43(52)44(53)46(55)48(39)57(47)33-21-11-10-19-30(33)26-13-4-1-5-14-26/h1-25H. The second-order valence-electron chi connectivity index (χ2n) is 14.4. The lowest BCUT2D eigenvalue weighted by Gasteiger charge is -2.20. The molecule has 2 aromatic heterocycles. The Kier molecular flexibility index (Phi) is 8.34. The van der Waals surface area contributed by atoms with Crippen molar-refractivity contribution in [2.24, 2.45) is 0 Å². The average molecular weight is 705 g/mol. The van der Waals surface area contributed by atoms with E-state index >= 15 is 0 Å². The van der Waals surface area contributed by atoms with E-state index in [1.165, 1.54) is 0 Å². The lowest BCUT2D eigenvalue weighted by Crippen LogP contribution is -2.48. The normalized spacial score (nSPS) is 11.6.